The summed E-state index contributed by atoms with van der Waals surface area (Å²) in [5.74, 6) is -0.346. The minimum Gasteiger partial charge on any atom is -0.445 e. The molecule has 16 heteroatoms. The lowest BCUT2D eigenvalue weighted by molar-refractivity contribution is -0.143. The lowest BCUT2D eigenvalue weighted by atomic mass is 9.75. The molecule has 0 unspecified atom stereocenters. The summed E-state index contributed by atoms with van der Waals surface area (Å²) in [7, 11) is -4.07. The molecule has 3 aromatic rings. The molecule has 1 amide bonds. The van der Waals surface area contributed by atoms with Gasteiger partial charge in [-0.1, -0.05) is 60.7 Å². The fourth-order valence-corrected chi connectivity index (χ4v) is 7.46. The van der Waals surface area contributed by atoms with Crippen LogP contribution in [0, 0.1) is 11.3 Å². The third kappa shape index (κ3) is 9.48. The number of amides is 1. The molecule has 1 fully saturated rings. The maximum Gasteiger partial charge on any atom is 0.416 e. The Labute approximate surface area is 291 Å². The molecule has 0 spiro atoms. The minimum absolute atomic E-state index is 0.0168. The predicted molar refractivity (Wildman–Crippen MR) is 172 cm³/mol. The van der Waals surface area contributed by atoms with E-state index in [1.165, 1.54) is 6.92 Å². The molecule has 1 aliphatic rings. The third-order valence-corrected chi connectivity index (χ3v) is 10.2. The van der Waals surface area contributed by atoms with Crippen molar-refractivity contribution in [2.24, 2.45) is 0 Å². The van der Waals surface area contributed by atoms with Gasteiger partial charge in [-0.2, -0.15) is 36.3 Å². The van der Waals surface area contributed by atoms with E-state index < -0.39 is 75.5 Å². The van der Waals surface area contributed by atoms with E-state index in [1.807, 2.05) is 6.07 Å². The van der Waals surface area contributed by atoms with Gasteiger partial charge in [-0.3, -0.25) is 4.90 Å². The van der Waals surface area contributed by atoms with Crippen LogP contribution in [0.2, 0.25) is 0 Å². The summed E-state index contributed by atoms with van der Waals surface area (Å²) in [6, 6.07) is 20.0. The molecule has 1 heterocycles. The SMILES string of the molecule is C[C@@H](OC[C@]1(c2ccccc2)CC[C@](C#N)(NS(=O)(=O)CCCCl)CN1C(=O)OCc1ccccc1)c1cc(C(F)(F)F)cc(C(F)(F)F)c1. The number of nitriles is 1. The van der Waals surface area contributed by atoms with Gasteiger partial charge in [0.1, 0.15) is 12.1 Å². The Morgan fingerprint density at radius 1 is 0.980 bits per heavy atom. The van der Waals surface area contributed by atoms with Crippen LogP contribution >= 0.6 is 11.6 Å². The number of hydrogen-bond donors (Lipinski definition) is 1. The fraction of sp³-hybridized carbons (Fsp3) is 0.412. The van der Waals surface area contributed by atoms with Gasteiger partial charge < -0.3 is 9.47 Å². The average molecular weight is 746 g/mol. The molecule has 3 aromatic carbocycles. The van der Waals surface area contributed by atoms with Crippen LogP contribution in [-0.2, 0) is 44.0 Å². The quantitative estimate of drug-likeness (QED) is 0.149. The van der Waals surface area contributed by atoms with Crippen molar-refractivity contribution in [2.75, 3.05) is 24.8 Å². The Morgan fingerprint density at radius 3 is 2.10 bits per heavy atom. The number of piperidine rings is 1. The minimum atomic E-state index is -5.08. The maximum atomic E-state index is 14.0. The topological polar surface area (TPSA) is 109 Å². The van der Waals surface area contributed by atoms with Crippen molar-refractivity contribution in [3.05, 3.63) is 107 Å². The third-order valence-electron chi connectivity index (χ3n) is 8.41. The number of likely N-dealkylation sites (tertiary alicyclic amines) is 1. The zero-order valence-corrected chi connectivity index (χ0v) is 28.3. The molecule has 1 saturated heterocycles. The molecule has 270 valence electrons. The van der Waals surface area contributed by atoms with Crippen molar-refractivity contribution in [3.8, 4) is 6.07 Å². The van der Waals surface area contributed by atoms with Crippen LogP contribution in [0.1, 0.15) is 60.1 Å². The number of alkyl halides is 7. The largest absolute Gasteiger partial charge is 0.445 e. The molecular weight excluding hydrogens is 712 g/mol. The van der Waals surface area contributed by atoms with E-state index in [1.54, 1.807) is 60.7 Å². The van der Waals surface area contributed by atoms with E-state index in [4.69, 9.17) is 21.1 Å². The first-order valence-electron chi connectivity index (χ1n) is 15.4. The molecule has 0 aromatic heterocycles. The van der Waals surface area contributed by atoms with Gasteiger partial charge in [0.2, 0.25) is 10.0 Å². The highest BCUT2D eigenvalue weighted by Crippen LogP contribution is 2.44. The summed E-state index contributed by atoms with van der Waals surface area (Å²) in [6.45, 7) is 0.0614. The van der Waals surface area contributed by atoms with Gasteiger partial charge >= 0.3 is 18.4 Å². The lowest BCUT2D eigenvalue weighted by Gasteiger charge is -2.51. The van der Waals surface area contributed by atoms with Crippen LogP contribution in [0.15, 0.2) is 78.9 Å². The van der Waals surface area contributed by atoms with Crippen molar-refractivity contribution in [3.63, 3.8) is 0 Å². The van der Waals surface area contributed by atoms with E-state index in [2.05, 4.69) is 4.72 Å². The summed E-state index contributed by atoms with van der Waals surface area (Å²) < 4.78 is 122. The number of carbonyl (C=O) groups excluding carboxylic acids is 1. The van der Waals surface area contributed by atoms with Crippen molar-refractivity contribution in [1.29, 1.82) is 5.26 Å². The number of hydrogen-bond acceptors (Lipinski definition) is 6. The fourth-order valence-electron chi connectivity index (χ4n) is 5.74. The Bertz CT molecular complexity index is 1740. The zero-order valence-electron chi connectivity index (χ0n) is 26.7. The second-order valence-corrected chi connectivity index (χ2v) is 14.2. The van der Waals surface area contributed by atoms with Crippen molar-refractivity contribution < 1.29 is 49.0 Å². The first-order valence-corrected chi connectivity index (χ1v) is 17.6. The van der Waals surface area contributed by atoms with Crippen LogP contribution < -0.4 is 4.72 Å². The number of halogens is 7. The van der Waals surface area contributed by atoms with E-state index in [0.29, 0.717) is 23.3 Å². The molecule has 3 atom stereocenters. The second-order valence-electron chi connectivity index (χ2n) is 12.0. The highest BCUT2D eigenvalue weighted by molar-refractivity contribution is 7.89. The monoisotopic (exact) mass is 745 g/mol. The van der Waals surface area contributed by atoms with Crippen molar-refractivity contribution in [1.82, 2.24) is 9.62 Å². The first kappa shape index (κ1) is 39.0. The predicted octanol–water partition coefficient (Wildman–Crippen LogP) is 7.94. The standard InChI is InChI=1S/C34H34ClF6N3O5S/c1-24(26-17-28(33(36,37)38)19-29(18-26)34(39,40)41)49-23-32(27-11-6-3-7-12-27)14-13-31(21-42,43-50(46,47)16-8-15-35)22-44(32)30(45)48-20-25-9-4-2-5-10-25/h2-7,9-12,17-19,24,43H,8,13-16,20,22-23H2,1H3/t24-,31-,32+/m1/s1. The summed E-state index contributed by atoms with van der Waals surface area (Å²) in [4.78, 5) is 15.2. The number of benzene rings is 3. The molecule has 1 aliphatic heterocycles. The highest BCUT2D eigenvalue weighted by atomic mass is 35.5. The van der Waals surface area contributed by atoms with Crippen molar-refractivity contribution in [2.45, 2.75) is 62.3 Å². The van der Waals surface area contributed by atoms with Gasteiger partial charge in [-0.15, -0.1) is 11.6 Å². The molecular formula is C34H34ClF6N3O5S. The summed E-state index contributed by atoms with van der Waals surface area (Å²) in [6.07, 6.45) is -12.7. The number of carbonyl (C=O) groups is 1. The molecule has 0 aliphatic carbocycles. The number of nitrogens with zero attached hydrogens (tertiary/aromatic N) is 2. The molecule has 50 heavy (non-hydrogen) atoms. The summed E-state index contributed by atoms with van der Waals surface area (Å²) in [5.41, 5.74) is -5.72. The van der Waals surface area contributed by atoms with E-state index in [0.717, 1.165) is 4.90 Å². The first-order chi connectivity index (χ1) is 23.4. The van der Waals surface area contributed by atoms with E-state index in [-0.39, 0.29) is 43.6 Å². The Kier molecular flexibility index (Phi) is 12.1. The second kappa shape index (κ2) is 15.6. The van der Waals surface area contributed by atoms with Crippen LogP contribution in [0.3, 0.4) is 0 Å². The van der Waals surface area contributed by atoms with Crippen molar-refractivity contribution >= 4 is 27.7 Å². The highest BCUT2D eigenvalue weighted by Gasteiger charge is 2.53. The molecule has 4 rings (SSSR count). The number of sulfonamides is 1. The van der Waals surface area contributed by atoms with Crippen LogP contribution in [0.25, 0.3) is 0 Å². The van der Waals surface area contributed by atoms with Crippen LogP contribution in [0.5, 0.6) is 0 Å². The molecule has 0 bridgehead atoms. The lowest BCUT2D eigenvalue weighted by Crippen LogP contribution is -2.66. The summed E-state index contributed by atoms with van der Waals surface area (Å²) >= 11 is 5.69. The van der Waals surface area contributed by atoms with Gasteiger partial charge in [0.05, 0.1) is 47.7 Å². The average Bonchev–Trinajstić information content (AvgIpc) is 3.08. The maximum absolute atomic E-state index is 14.0. The normalized spacial score (nSPS) is 20.6. The van der Waals surface area contributed by atoms with Gasteiger partial charge in [0, 0.05) is 5.88 Å². The van der Waals surface area contributed by atoms with Gasteiger partial charge in [0.15, 0.2) is 0 Å². The molecule has 0 saturated carbocycles. The molecule has 0 radical (unpaired) electrons. The Hall–Kier alpha value is -3.84. The summed E-state index contributed by atoms with van der Waals surface area (Å²) in [5, 5.41) is 10.3. The Morgan fingerprint density at radius 2 is 1.56 bits per heavy atom. The number of rotatable bonds is 12. The zero-order chi connectivity index (χ0) is 36.8. The molecule has 1 N–H and O–H groups in total. The van der Waals surface area contributed by atoms with E-state index in [9.17, 15) is 44.8 Å². The molecule has 8 nitrogen and oxygen atoms in total. The smallest absolute Gasteiger partial charge is 0.416 e. The van der Waals surface area contributed by atoms with Gasteiger partial charge in [0.25, 0.3) is 0 Å². The van der Waals surface area contributed by atoms with E-state index >= 15 is 0 Å². The van der Waals surface area contributed by atoms with Gasteiger partial charge in [-0.05, 0) is 61.1 Å². The number of ether oxygens (including phenoxy) is 2. The number of nitrogens with one attached hydrogen (secondary N) is 1. The van der Waals surface area contributed by atoms with Crippen LogP contribution in [-0.4, -0.2) is 49.7 Å². The Balaban J connectivity index is 1.76. The van der Waals surface area contributed by atoms with Crippen LogP contribution in [0.4, 0.5) is 31.1 Å². The van der Waals surface area contributed by atoms with Gasteiger partial charge in [-0.25, -0.2) is 13.2 Å².